The van der Waals surface area contributed by atoms with Crippen LogP contribution in [0.25, 0.3) is 17.1 Å². The van der Waals surface area contributed by atoms with Crippen LogP contribution in [-0.2, 0) is 0 Å². The third kappa shape index (κ3) is 2.48. The Morgan fingerprint density at radius 1 is 1.21 bits per heavy atom. The Morgan fingerprint density at radius 3 is 2.92 bits per heavy atom. The molecule has 0 aliphatic heterocycles. The lowest BCUT2D eigenvalue weighted by Crippen LogP contribution is -1.94. The van der Waals surface area contributed by atoms with Gasteiger partial charge in [-0.1, -0.05) is 6.07 Å². The number of hydrogen-bond acceptors (Lipinski definition) is 8. The van der Waals surface area contributed by atoms with E-state index in [1.807, 2.05) is 0 Å². The molecule has 0 radical (unpaired) electrons. The molecule has 0 amide bonds. The number of aromatic nitrogens is 5. The molecule has 0 fully saturated rings. The molecule has 0 saturated heterocycles. The van der Waals surface area contributed by atoms with Crippen LogP contribution in [0.3, 0.4) is 0 Å². The maximum atomic E-state index is 11.4. The van der Waals surface area contributed by atoms with E-state index >= 15 is 0 Å². The molecule has 4 aromatic heterocycles. The summed E-state index contributed by atoms with van der Waals surface area (Å²) in [7, 11) is 0. The molecule has 9 nitrogen and oxygen atoms in total. The third-order valence-electron chi connectivity index (χ3n) is 3.15. The Labute approximate surface area is 138 Å². The molecule has 0 N–H and O–H groups in total. The lowest BCUT2D eigenvalue weighted by molar-refractivity contribution is -0.393. The maximum Gasteiger partial charge on any atom is 0.362 e. The number of fused-ring (bicyclic) bond motifs is 1. The van der Waals surface area contributed by atoms with Gasteiger partial charge >= 0.3 is 5.82 Å². The summed E-state index contributed by atoms with van der Waals surface area (Å²) in [6.45, 7) is 0. The van der Waals surface area contributed by atoms with E-state index in [2.05, 4.69) is 20.2 Å². The van der Waals surface area contributed by atoms with Crippen LogP contribution >= 0.6 is 11.8 Å². The van der Waals surface area contributed by atoms with Crippen LogP contribution in [0.4, 0.5) is 5.82 Å². The highest BCUT2D eigenvalue weighted by Gasteiger charge is 2.25. The molecule has 0 aliphatic carbocycles. The van der Waals surface area contributed by atoms with Gasteiger partial charge in [-0.3, -0.25) is 4.98 Å². The fourth-order valence-corrected chi connectivity index (χ4v) is 2.91. The zero-order valence-electron chi connectivity index (χ0n) is 11.9. The number of hydrogen-bond donors (Lipinski definition) is 0. The molecule has 0 atom stereocenters. The second-order valence-corrected chi connectivity index (χ2v) is 5.58. The van der Waals surface area contributed by atoms with Crippen molar-refractivity contribution < 1.29 is 9.34 Å². The summed E-state index contributed by atoms with van der Waals surface area (Å²) in [6.07, 6.45) is 4.81. The quantitative estimate of drug-likeness (QED) is 0.412. The molecule has 10 heteroatoms. The smallest absolute Gasteiger partial charge is 0.362 e. The lowest BCUT2D eigenvalue weighted by Gasteiger charge is -1.95. The average Bonchev–Trinajstić information content (AvgIpc) is 3.20. The highest BCUT2D eigenvalue weighted by atomic mass is 32.2. The van der Waals surface area contributed by atoms with Crippen LogP contribution < -0.4 is 0 Å². The zero-order chi connectivity index (χ0) is 16.5. The summed E-state index contributed by atoms with van der Waals surface area (Å²) in [5.74, 6) is 0.147. The summed E-state index contributed by atoms with van der Waals surface area (Å²) in [6, 6.07) is 8.67. The van der Waals surface area contributed by atoms with Crippen molar-refractivity contribution in [2.45, 2.75) is 10.2 Å². The molecule has 4 aromatic rings. The van der Waals surface area contributed by atoms with Gasteiger partial charge in [0, 0.05) is 18.5 Å². The van der Waals surface area contributed by atoms with Gasteiger partial charge in [0.25, 0.3) is 5.22 Å². The first-order valence-electron chi connectivity index (χ1n) is 6.75. The van der Waals surface area contributed by atoms with E-state index in [0.29, 0.717) is 11.2 Å². The molecular weight excluding hydrogens is 332 g/mol. The van der Waals surface area contributed by atoms with Gasteiger partial charge in [-0.05, 0) is 34.9 Å². The molecular formula is C14H8N6O3S. The number of pyridine rings is 2. The molecule has 118 valence electrons. The molecule has 0 saturated carbocycles. The highest BCUT2D eigenvalue weighted by molar-refractivity contribution is 7.99. The molecule has 0 spiro atoms. The number of nitro groups is 1. The second kappa shape index (κ2) is 5.74. The van der Waals surface area contributed by atoms with Gasteiger partial charge in [0.15, 0.2) is 0 Å². The van der Waals surface area contributed by atoms with Gasteiger partial charge in [-0.15, -0.1) is 10.2 Å². The monoisotopic (exact) mass is 340 g/mol. The topological polar surface area (TPSA) is 112 Å². The molecule has 4 heterocycles. The fraction of sp³-hybridized carbons (Fsp3) is 0. The van der Waals surface area contributed by atoms with Gasteiger partial charge in [0.2, 0.25) is 16.6 Å². The van der Waals surface area contributed by atoms with Crippen LogP contribution in [0, 0.1) is 10.1 Å². The van der Waals surface area contributed by atoms with Crippen LogP contribution in [0.15, 0.2) is 63.6 Å². The minimum absolute atomic E-state index is 0.142. The maximum absolute atomic E-state index is 11.4. The number of imidazole rings is 1. The predicted octanol–water partition coefficient (Wildman–Crippen LogP) is 2.84. The predicted molar refractivity (Wildman–Crippen MR) is 83.5 cm³/mol. The van der Waals surface area contributed by atoms with Gasteiger partial charge in [-0.25, -0.2) is 0 Å². The van der Waals surface area contributed by atoms with Gasteiger partial charge in [0.1, 0.15) is 0 Å². The van der Waals surface area contributed by atoms with Crippen LogP contribution in [0.1, 0.15) is 0 Å². The molecule has 0 bridgehead atoms. The third-order valence-corrected chi connectivity index (χ3v) is 3.95. The Hall–Kier alpha value is -3.27. The first-order chi connectivity index (χ1) is 11.7. The van der Waals surface area contributed by atoms with E-state index in [0.717, 1.165) is 11.8 Å². The Morgan fingerprint density at radius 2 is 2.12 bits per heavy atom. The van der Waals surface area contributed by atoms with Crippen LogP contribution in [0.5, 0.6) is 0 Å². The van der Waals surface area contributed by atoms with E-state index in [4.69, 9.17) is 4.42 Å². The van der Waals surface area contributed by atoms with Crippen molar-refractivity contribution in [3.05, 3.63) is 59.0 Å². The van der Waals surface area contributed by atoms with E-state index in [1.165, 1.54) is 4.40 Å². The van der Waals surface area contributed by atoms with Crippen molar-refractivity contribution in [3.8, 4) is 11.5 Å². The lowest BCUT2D eigenvalue weighted by atomic mass is 10.3. The molecule has 0 aliphatic rings. The SMILES string of the molecule is O=[N+]([O-])c1c(Sc2nnc(-c3cccnc3)o2)nc2ccccn12. The second-order valence-electron chi connectivity index (χ2n) is 4.64. The largest absolute Gasteiger partial charge is 0.411 e. The summed E-state index contributed by atoms with van der Waals surface area (Å²) in [5, 5.41) is 19.6. The Bertz CT molecular complexity index is 1030. The number of nitrogens with zero attached hydrogens (tertiary/aromatic N) is 6. The van der Waals surface area contributed by atoms with Crippen molar-refractivity contribution in [1.29, 1.82) is 0 Å². The average molecular weight is 340 g/mol. The highest BCUT2D eigenvalue weighted by Crippen LogP contribution is 2.35. The minimum Gasteiger partial charge on any atom is -0.411 e. The summed E-state index contributed by atoms with van der Waals surface area (Å²) in [5.41, 5.74) is 1.14. The van der Waals surface area contributed by atoms with Crippen molar-refractivity contribution in [3.63, 3.8) is 0 Å². The van der Waals surface area contributed by atoms with E-state index in [9.17, 15) is 10.1 Å². The van der Waals surface area contributed by atoms with Crippen molar-refractivity contribution in [2.24, 2.45) is 0 Å². The van der Waals surface area contributed by atoms with E-state index < -0.39 is 4.92 Å². The zero-order valence-corrected chi connectivity index (χ0v) is 12.8. The van der Waals surface area contributed by atoms with E-state index in [1.54, 1.807) is 48.9 Å². The van der Waals surface area contributed by atoms with E-state index in [-0.39, 0.29) is 22.0 Å². The fourth-order valence-electron chi connectivity index (χ4n) is 2.14. The Balaban J connectivity index is 1.71. The first kappa shape index (κ1) is 14.3. The minimum atomic E-state index is -0.485. The Kier molecular flexibility index (Phi) is 3.43. The van der Waals surface area contributed by atoms with Gasteiger partial charge in [0.05, 0.1) is 11.8 Å². The van der Waals surface area contributed by atoms with Crippen LogP contribution in [-0.4, -0.2) is 29.5 Å². The summed E-state index contributed by atoms with van der Waals surface area (Å²) < 4.78 is 6.94. The normalized spacial score (nSPS) is 11.0. The number of rotatable bonds is 4. The van der Waals surface area contributed by atoms with Gasteiger partial charge < -0.3 is 14.5 Å². The van der Waals surface area contributed by atoms with Gasteiger partial charge in [-0.2, -0.15) is 9.38 Å². The molecule has 24 heavy (non-hydrogen) atoms. The molecule has 0 aromatic carbocycles. The molecule has 4 rings (SSSR count). The van der Waals surface area contributed by atoms with Crippen molar-refractivity contribution >= 4 is 23.2 Å². The molecule has 0 unspecified atom stereocenters. The summed E-state index contributed by atoms with van der Waals surface area (Å²) >= 11 is 0.949. The standard InChI is InChI=1S/C14H8N6O3S/c21-20(22)13-12(16-10-5-1-2-7-19(10)13)24-14-18-17-11(23-14)9-4-3-6-15-8-9/h1-8H. The van der Waals surface area contributed by atoms with Crippen molar-refractivity contribution in [2.75, 3.05) is 0 Å². The van der Waals surface area contributed by atoms with Crippen molar-refractivity contribution in [1.82, 2.24) is 24.6 Å². The van der Waals surface area contributed by atoms with Crippen LogP contribution in [0.2, 0.25) is 0 Å². The first-order valence-corrected chi connectivity index (χ1v) is 7.57. The summed E-state index contributed by atoms with van der Waals surface area (Å²) in [4.78, 5) is 19.1.